The lowest BCUT2D eigenvalue weighted by Crippen LogP contribution is -3.00. The first kappa shape index (κ1) is 38.5. The van der Waals surface area contributed by atoms with Crippen molar-refractivity contribution in [2.45, 2.75) is 213 Å². The molecule has 0 spiro atoms. The maximum atomic E-state index is 6.38. The van der Waals surface area contributed by atoms with Crippen LogP contribution in [0, 0.1) is 0 Å². The Balaban J connectivity index is 0. The lowest BCUT2D eigenvalue weighted by Gasteiger charge is -2.20. The molecule has 2 nitrogen and oxygen atoms in total. The van der Waals surface area contributed by atoms with E-state index in [9.17, 15) is 0 Å². The van der Waals surface area contributed by atoms with Gasteiger partial charge in [-0.05, 0) is 19.3 Å². The van der Waals surface area contributed by atoms with Crippen LogP contribution >= 0.6 is 0 Å². The zero-order valence-electron chi connectivity index (χ0n) is 25.4. The minimum absolute atomic E-state index is 0. The molecule has 3 N–H and O–H groups in total. The van der Waals surface area contributed by atoms with Gasteiger partial charge in [0.15, 0.2) is 6.23 Å². The summed E-state index contributed by atoms with van der Waals surface area (Å²) >= 11 is 0. The molecule has 0 aromatic carbocycles. The van der Waals surface area contributed by atoms with Gasteiger partial charge in [-0.1, -0.05) is 175 Å². The Labute approximate surface area is 239 Å². The Hall–Kier alpha value is 0.400. The highest BCUT2D eigenvalue weighted by Crippen LogP contribution is 2.19. The molecule has 0 aromatic rings. The summed E-state index contributed by atoms with van der Waals surface area (Å²) in [7, 11) is 0. The van der Waals surface area contributed by atoms with Crippen molar-refractivity contribution in [2.75, 3.05) is 0 Å². The highest BCUT2D eigenvalue weighted by molar-refractivity contribution is 4.61. The highest BCUT2D eigenvalue weighted by atomic mass is 79.9. The molecule has 220 valence electrons. The summed E-state index contributed by atoms with van der Waals surface area (Å²) in [5.41, 5.74) is 4.26. The summed E-state index contributed by atoms with van der Waals surface area (Å²) in [4.78, 5) is 0. The van der Waals surface area contributed by atoms with E-state index in [1.54, 1.807) is 0 Å². The molecule has 0 radical (unpaired) electrons. The van der Waals surface area contributed by atoms with Crippen LogP contribution in [0.5, 0.6) is 0 Å². The standard InChI is InChI=1S/C33H69NO.BrH/c1-4-7-9-11-13-15-17-19-21-23-25-27-30-32(35-33(34)29-6-3)31-28-26-24-22-20-18-16-14-12-10-8-5-2;/h32-33H,4-31,34H2,1-3H3;1H. The molecule has 36 heavy (non-hydrogen) atoms. The van der Waals surface area contributed by atoms with Crippen LogP contribution in [0.2, 0.25) is 0 Å². The quantitative estimate of drug-likeness (QED) is 0.0684. The number of rotatable bonds is 30. The summed E-state index contributed by atoms with van der Waals surface area (Å²) in [6.45, 7) is 6.85. The van der Waals surface area contributed by atoms with E-state index in [1.807, 2.05) is 0 Å². The molecular formula is C33H70BrNO. The molecule has 0 fully saturated rings. The van der Waals surface area contributed by atoms with Crippen molar-refractivity contribution in [3.8, 4) is 0 Å². The van der Waals surface area contributed by atoms with Crippen LogP contribution in [0.25, 0.3) is 0 Å². The molecule has 1 atom stereocenters. The van der Waals surface area contributed by atoms with Crippen LogP contribution in [0.3, 0.4) is 0 Å². The van der Waals surface area contributed by atoms with Crippen LogP contribution in [-0.4, -0.2) is 12.3 Å². The number of quaternary nitrogens is 1. The van der Waals surface area contributed by atoms with Crippen molar-refractivity contribution in [3.63, 3.8) is 0 Å². The molecule has 0 heterocycles. The van der Waals surface area contributed by atoms with Gasteiger partial charge in [0, 0.05) is 6.42 Å². The minimum atomic E-state index is 0. The topological polar surface area (TPSA) is 36.9 Å². The first-order valence-electron chi connectivity index (χ1n) is 16.7. The zero-order chi connectivity index (χ0) is 25.7. The maximum Gasteiger partial charge on any atom is 0.188 e. The summed E-state index contributed by atoms with van der Waals surface area (Å²) in [6, 6.07) is 0. The molecule has 3 heteroatoms. The molecule has 0 bridgehead atoms. The van der Waals surface area contributed by atoms with Gasteiger partial charge in [0.2, 0.25) is 0 Å². The third-order valence-corrected chi connectivity index (χ3v) is 7.75. The van der Waals surface area contributed by atoms with Crippen LogP contribution in [0.1, 0.15) is 201 Å². The van der Waals surface area contributed by atoms with E-state index in [1.165, 1.54) is 173 Å². The predicted molar refractivity (Wildman–Crippen MR) is 158 cm³/mol. The van der Waals surface area contributed by atoms with Gasteiger partial charge in [-0.25, -0.2) is 0 Å². The second-order valence-corrected chi connectivity index (χ2v) is 11.5. The van der Waals surface area contributed by atoms with Crippen molar-refractivity contribution in [1.82, 2.24) is 0 Å². The van der Waals surface area contributed by atoms with Crippen molar-refractivity contribution in [3.05, 3.63) is 0 Å². The number of hydrogen-bond acceptors (Lipinski definition) is 1. The SMILES string of the molecule is CCCCCCCCCCCCCCC(CCCCCCCCCCCCCC)OC([NH3+])CCC.[Br-]. The van der Waals surface area contributed by atoms with Gasteiger partial charge in [0.05, 0.1) is 6.10 Å². The molecule has 0 rings (SSSR count). The minimum Gasteiger partial charge on any atom is -1.00 e. The Bertz CT molecular complexity index is 351. The largest absolute Gasteiger partial charge is 1.00 e. The predicted octanol–water partition coefficient (Wildman–Crippen LogP) is 7.93. The third kappa shape index (κ3) is 30.6. The van der Waals surface area contributed by atoms with E-state index < -0.39 is 0 Å². The molecular weight excluding hydrogens is 506 g/mol. The van der Waals surface area contributed by atoms with Crippen LogP contribution in [0.4, 0.5) is 0 Å². The molecule has 0 aliphatic heterocycles. The van der Waals surface area contributed by atoms with Gasteiger partial charge in [-0.15, -0.1) is 0 Å². The van der Waals surface area contributed by atoms with Gasteiger partial charge in [0.1, 0.15) is 0 Å². The molecule has 1 unspecified atom stereocenters. The Morgan fingerprint density at radius 3 is 0.944 bits per heavy atom. The fraction of sp³-hybridized carbons (Fsp3) is 1.00. The van der Waals surface area contributed by atoms with Gasteiger partial charge < -0.3 is 27.5 Å². The third-order valence-electron chi connectivity index (χ3n) is 7.75. The fourth-order valence-corrected chi connectivity index (χ4v) is 5.37. The van der Waals surface area contributed by atoms with E-state index in [-0.39, 0.29) is 23.2 Å². The Morgan fingerprint density at radius 2 is 0.667 bits per heavy atom. The number of unbranched alkanes of at least 4 members (excludes halogenated alkanes) is 22. The van der Waals surface area contributed by atoms with E-state index >= 15 is 0 Å². The van der Waals surface area contributed by atoms with Gasteiger partial charge in [-0.3, -0.25) is 0 Å². The second kappa shape index (κ2) is 33.4. The lowest BCUT2D eigenvalue weighted by molar-refractivity contribution is -0.499. The van der Waals surface area contributed by atoms with Crippen LogP contribution in [-0.2, 0) is 4.74 Å². The summed E-state index contributed by atoms with van der Waals surface area (Å²) in [5, 5.41) is 0. The van der Waals surface area contributed by atoms with Crippen molar-refractivity contribution < 1.29 is 27.5 Å². The lowest BCUT2D eigenvalue weighted by atomic mass is 10.0. The molecule has 0 aliphatic carbocycles. The van der Waals surface area contributed by atoms with Crippen LogP contribution in [0.15, 0.2) is 0 Å². The molecule has 0 aromatic heterocycles. The first-order valence-corrected chi connectivity index (χ1v) is 16.7. The van der Waals surface area contributed by atoms with Crippen molar-refractivity contribution in [2.24, 2.45) is 0 Å². The zero-order valence-corrected chi connectivity index (χ0v) is 27.0. The summed E-state index contributed by atoms with van der Waals surface area (Å²) in [6.07, 6.45) is 39.7. The molecule has 0 saturated carbocycles. The van der Waals surface area contributed by atoms with E-state index in [0.29, 0.717) is 6.10 Å². The van der Waals surface area contributed by atoms with E-state index in [0.717, 1.165) is 6.42 Å². The average Bonchev–Trinajstić information content (AvgIpc) is 2.85. The average molecular weight is 577 g/mol. The Kier molecular flexibility index (Phi) is 35.8. The maximum absolute atomic E-state index is 6.38. The highest BCUT2D eigenvalue weighted by Gasteiger charge is 2.15. The van der Waals surface area contributed by atoms with E-state index in [2.05, 4.69) is 26.5 Å². The molecule has 0 saturated heterocycles. The normalized spacial score (nSPS) is 12.2. The van der Waals surface area contributed by atoms with Gasteiger partial charge in [0.25, 0.3) is 0 Å². The number of hydrogen-bond donors (Lipinski definition) is 1. The fourth-order valence-electron chi connectivity index (χ4n) is 5.37. The van der Waals surface area contributed by atoms with Crippen LogP contribution < -0.4 is 22.7 Å². The first-order chi connectivity index (χ1) is 17.2. The molecule has 0 aliphatic rings. The monoisotopic (exact) mass is 575 g/mol. The Morgan fingerprint density at radius 1 is 0.389 bits per heavy atom. The summed E-state index contributed by atoms with van der Waals surface area (Å²) in [5.74, 6) is 0. The summed E-state index contributed by atoms with van der Waals surface area (Å²) < 4.78 is 6.38. The van der Waals surface area contributed by atoms with Gasteiger partial charge >= 0.3 is 0 Å². The second-order valence-electron chi connectivity index (χ2n) is 11.5. The van der Waals surface area contributed by atoms with Crippen molar-refractivity contribution >= 4 is 0 Å². The van der Waals surface area contributed by atoms with E-state index in [4.69, 9.17) is 4.74 Å². The molecule has 0 amide bonds. The van der Waals surface area contributed by atoms with Crippen molar-refractivity contribution in [1.29, 1.82) is 0 Å². The number of ether oxygens (including phenoxy) is 1. The number of halogens is 1. The van der Waals surface area contributed by atoms with Gasteiger partial charge in [-0.2, -0.15) is 0 Å². The smallest absolute Gasteiger partial charge is 0.188 e.